The van der Waals surface area contributed by atoms with E-state index in [1.807, 2.05) is 30.2 Å². The van der Waals surface area contributed by atoms with Crippen LogP contribution in [-0.4, -0.2) is 31.8 Å². The van der Waals surface area contributed by atoms with E-state index >= 15 is 0 Å². The van der Waals surface area contributed by atoms with Gasteiger partial charge in [-0.25, -0.2) is 9.97 Å². The molecule has 0 bridgehead atoms. The van der Waals surface area contributed by atoms with Gasteiger partial charge in [0, 0.05) is 26.2 Å². The van der Waals surface area contributed by atoms with Gasteiger partial charge in [-0.3, -0.25) is 9.67 Å². The van der Waals surface area contributed by atoms with Crippen molar-refractivity contribution in [1.29, 1.82) is 0 Å². The van der Waals surface area contributed by atoms with E-state index in [-0.39, 0.29) is 0 Å². The topological polar surface area (TPSA) is 59.7 Å². The second-order valence-corrected chi connectivity index (χ2v) is 7.02. The Labute approximate surface area is 147 Å². The molecular weight excluding hydrogens is 312 g/mol. The predicted molar refractivity (Wildman–Crippen MR) is 98.6 cm³/mol. The maximum atomic E-state index is 4.96. The third-order valence-corrected chi connectivity index (χ3v) is 5.18. The molecule has 3 aromatic heterocycles. The lowest BCUT2D eigenvalue weighted by atomic mass is 10.1. The molecule has 0 aromatic carbocycles. The SMILES string of the molecule is Cc1cccnc1CN(C)c1nc(C2CCCC2)nc2c1cnn2C. The van der Waals surface area contributed by atoms with E-state index in [1.54, 1.807) is 0 Å². The van der Waals surface area contributed by atoms with Crippen molar-refractivity contribution in [1.82, 2.24) is 24.7 Å². The van der Waals surface area contributed by atoms with Gasteiger partial charge in [0.05, 0.1) is 23.8 Å². The second-order valence-electron chi connectivity index (χ2n) is 7.02. The maximum absolute atomic E-state index is 4.96. The number of hydrogen-bond acceptors (Lipinski definition) is 5. The first-order chi connectivity index (χ1) is 12.1. The smallest absolute Gasteiger partial charge is 0.163 e. The van der Waals surface area contributed by atoms with Crippen LogP contribution in [0.15, 0.2) is 24.5 Å². The van der Waals surface area contributed by atoms with E-state index in [2.05, 4.69) is 35.0 Å². The number of nitrogens with zero attached hydrogens (tertiary/aromatic N) is 6. The van der Waals surface area contributed by atoms with Gasteiger partial charge in [0.1, 0.15) is 11.6 Å². The Morgan fingerprint density at radius 1 is 1.24 bits per heavy atom. The second kappa shape index (κ2) is 6.43. The Morgan fingerprint density at radius 3 is 2.80 bits per heavy atom. The lowest BCUT2D eigenvalue weighted by Crippen LogP contribution is -2.21. The average Bonchev–Trinajstić information content (AvgIpc) is 3.27. The van der Waals surface area contributed by atoms with Crippen molar-refractivity contribution in [3.05, 3.63) is 41.6 Å². The van der Waals surface area contributed by atoms with Crippen LogP contribution >= 0.6 is 0 Å². The summed E-state index contributed by atoms with van der Waals surface area (Å²) in [6.45, 7) is 2.82. The average molecular weight is 336 g/mol. The summed E-state index contributed by atoms with van der Waals surface area (Å²) >= 11 is 0. The Bertz CT molecular complexity index is 894. The van der Waals surface area contributed by atoms with Crippen LogP contribution in [0.5, 0.6) is 0 Å². The van der Waals surface area contributed by atoms with Crippen LogP contribution in [0.25, 0.3) is 11.0 Å². The van der Waals surface area contributed by atoms with E-state index in [9.17, 15) is 0 Å². The molecule has 0 atom stereocenters. The van der Waals surface area contributed by atoms with E-state index in [0.717, 1.165) is 34.9 Å². The predicted octanol–water partition coefficient (Wildman–Crippen LogP) is 3.36. The molecular formula is C19H24N6. The Hall–Kier alpha value is -2.50. The molecule has 0 N–H and O–H groups in total. The molecule has 0 aliphatic heterocycles. The highest BCUT2D eigenvalue weighted by atomic mass is 15.3. The van der Waals surface area contributed by atoms with Crippen molar-refractivity contribution in [3.8, 4) is 0 Å². The summed E-state index contributed by atoms with van der Waals surface area (Å²) in [6.07, 6.45) is 8.63. The molecule has 0 radical (unpaired) electrons. The highest BCUT2D eigenvalue weighted by molar-refractivity contribution is 5.86. The molecule has 1 aliphatic rings. The highest BCUT2D eigenvalue weighted by Gasteiger charge is 2.23. The zero-order chi connectivity index (χ0) is 17.4. The number of aromatic nitrogens is 5. The van der Waals surface area contributed by atoms with Crippen LogP contribution in [0.1, 0.15) is 48.7 Å². The number of aryl methyl sites for hydroxylation is 2. The quantitative estimate of drug-likeness (QED) is 0.731. The molecule has 0 unspecified atom stereocenters. The third-order valence-electron chi connectivity index (χ3n) is 5.18. The molecule has 0 amide bonds. The summed E-state index contributed by atoms with van der Waals surface area (Å²) in [4.78, 5) is 16.5. The normalized spacial score (nSPS) is 15.2. The van der Waals surface area contributed by atoms with Crippen LogP contribution in [0.4, 0.5) is 5.82 Å². The van der Waals surface area contributed by atoms with Gasteiger partial charge < -0.3 is 4.90 Å². The first-order valence-electron chi connectivity index (χ1n) is 8.95. The van der Waals surface area contributed by atoms with Gasteiger partial charge in [0.2, 0.25) is 0 Å². The number of pyridine rings is 1. The van der Waals surface area contributed by atoms with Crippen molar-refractivity contribution >= 4 is 16.9 Å². The highest BCUT2D eigenvalue weighted by Crippen LogP contribution is 2.34. The summed E-state index contributed by atoms with van der Waals surface area (Å²) < 4.78 is 1.85. The molecule has 25 heavy (non-hydrogen) atoms. The van der Waals surface area contributed by atoms with Crippen molar-refractivity contribution in [3.63, 3.8) is 0 Å². The summed E-state index contributed by atoms with van der Waals surface area (Å²) in [6, 6.07) is 4.07. The summed E-state index contributed by atoms with van der Waals surface area (Å²) in [5, 5.41) is 5.40. The van der Waals surface area contributed by atoms with Crippen LogP contribution < -0.4 is 4.90 Å². The van der Waals surface area contributed by atoms with Crippen LogP contribution in [0.2, 0.25) is 0 Å². The minimum atomic E-state index is 0.475. The van der Waals surface area contributed by atoms with Crippen LogP contribution in [0, 0.1) is 6.92 Å². The molecule has 1 fully saturated rings. The van der Waals surface area contributed by atoms with Gasteiger partial charge in [-0.15, -0.1) is 0 Å². The minimum Gasteiger partial charge on any atom is -0.353 e. The lowest BCUT2D eigenvalue weighted by Gasteiger charge is -2.21. The monoisotopic (exact) mass is 336 g/mol. The number of hydrogen-bond donors (Lipinski definition) is 0. The van der Waals surface area contributed by atoms with Gasteiger partial charge in [-0.2, -0.15) is 5.10 Å². The Morgan fingerprint density at radius 2 is 2.04 bits per heavy atom. The van der Waals surface area contributed by atoms with E-state index < -0.39 is 0 Å². The van der Waals surface area contributed by atoms with Gasteiger partial charge in [0.15, 0.2) is 5.65 Å². The first kappa shape index (κ1) is 16.0. The largest absolute Gasteiger partial charge is 0.353 e. The van der Waals surface area contributed by atoms with Crippen LogP contribution in [0.3, 0.4) is 0 Å². The van der Waals surface area contributed by atoms with Crippen molar-refractivity contribution < 1.29 is 0 Å². The van der Waals surface area contributed by atoms with E-state index in [4.69, 9.17) is 9.97 Å². The molecule has 3 aromatic rings. The molecule has 0 spiro atoms. The fraction of sp³-hybridized carbons (Fsp3) is 0.474. The fourth-order valence-electron chi connectivity index (χ4n) is 3.66. The molecule has 1 aliphatic carbocycles. The molecule has 6 nitrogen and oxygen atoms in total. The van der Waals surface area contributed by atoms with Gasteiger partial charge >= 0.3 is 0 Å². The van der Waals surface area contributed by atoms with Crippen molar-refractivity contribution in [2.24, 2.45) is 7.05 Å². The van der Waals surface area contributed by atoms with Crippen molar-refractivity contribution in [2.75, 3.05) is 11.9 Å². The standard InChI is InChI=1S/C19H24N6/c1-13-7-6-10-20-16(13)12-24(2)18-15-11-21-25(3)19(15)23-17(22-18)14-8-4-5-9-14/h6-7,10-11,14H,4-5,8-9,12H2,1-3H3. The van der Waals surface area contributed by atoms with Gasteiger partial charge in [-0.1, -0.05) is 18.9 Å². The van der Waals surface area contributed by atoms with E-state index in [0.29, 0.717) is 5.92 Å². The molecule has 3 heterocycles. The van der Waals surface area contributed by atoms with Gasteiger partial charge in [-0.05, 0) is 31.4 Å². The lowest BCUT2D eigenvalue weighted by molar-refractivity contribution is 0.664. The zero-order valence-electron chi connectivity index (χ0n) is 15.1. The molecule has 4 rings (SSSR count). The number of fused-ring (bicyclic) bond motifs is 1. The third kappa shape index (κ3) is 2.97. The molecule has 1 saturated carbocycles. The Kier molecular flexibility index (Phi) is 4.11. The fourth-order valence-corrected chi connectivity index (χ4v) is 3.66. The molecule has 130 valence electrons. The summed E-state index contributed by atoms with van der Waals surface area (Å²) in [5.74, 6) is 2.39. The first-order valence-corrected chi connectivity index (χ1v) is 8.95. The zero-order valence-corrected chi connectivity index (χ0v) is 15.1. The minimum absolute atomic E-state index is 0.475. The van der Waals surface area contributed by atoms with Crippen LogP contribution in [-0.2, 0) is 13.6 Å². The molecule has 0 saturated heterocycles. The maximum Gasteiger partial charge on any atom is 0.163 e. The Balaban J connectivity index is 1.75. The number of anilines is 1. The van der Waals surface area contributed by atoms with E-state index in [1.165, 1.54) is 31.2 Å². The molecule has 6 heteroatoms. The van der Waals surface area contributed by atoms with Gasteiger partial charge in [0.25, 0.3) is 0 Å². The van der Waals surface area contributed by atoms with Crippen molar-refractivity contribution in [2.45, 2.75) is 45.1 Å². The number of rotatable bonds is 4. The summed E-state index contributed by atoms with van der Waals surface area (Å²) in [5.41, 5.74) is 3.18. The summed E-state index contributed by atoms with van der Waals surface area (Å²) in [7, 11) is 4.02.